The van der Waals surface area contributed by atoms with E-state index in [1.54, 1.807) is 17.5 Å². The van der Waals surface area contributed by atoms with Gasteiger partial charge in [0.05, 0.1) is 5.75 Å². The summed E-state index contributed by atoms with van der Waals surface area (Å²) in [7, 11) is -3.24. The minimum Gasteiger partial charge on any atom is -0.326 e. The number of thiophene rings is 1. The van der Waals surface area contributed by atoms with E-state index in [-0.39, 0.29) is 11.8 Å². The van der Waals surface area contributed by atoms with Gasteiger partial charge in [0.2, 0.25) is 0 Å². The molecule has 0 amide bonds. The summed E-state index contributed by atoms with van der Waals surface area (Å²) >= 11 is 1.23. The second-order valence-electron chi connectivity index (χ2n) is 4.16. The van der Waals surface area contributed by atoms with Crippen LogP contribution < -0.4 is 5.73 Å². The van der Waals surface area contributed by atoms with Crippen molar-refractivity contribution in [3.8, 4) is 0 Å². The monoisotopic (exact) mass is 281 g/mol. The molecule has 18 heavy (non-hydrogen) atoms. The van der Waals surface area contributed by atoms with E-state index >= 15 is 0 Å². The van der Waals surface area contributed by atoms with Gasteiger partial charge in [-0.3, -0.25) is 0 Å². The summed E-state index contributed by atoms with van der Waals surface area (Å²) < 4.78 is 24.4. The summed E-state index contributed by atoms with van der Waals surface area (Å²) in [4.78, 5) is 0. The Morgan fingerprint density at radius 1 is 1.11 bits per heavy atom. The zero-order valence-corrected chi connectivity index (χ0v) is 11.5. The van der Waals surface area contributed by atoms with E-state index in [0.717, 1.165) is 5.56 Å². The molecule has 1 unspecified atom stereocenters. The molecular formula is C13H15NO2S2. The summed E-state index contributed by atoms with van der Waals surface area (Å²) in [6, 6.07) is 12.7. The summed E-state index contributed by atoms with van der Waals surface area (Å²) in [6.45, 7) is 0. The third kappa shape index (κ3) is 3.41. The minimum absolute atomic E-state index is 0.0115. The van der Waals surface area contributed by atoms with Crippen molar-refractivity contribution in [1.82, 2.24) is 0 Å². The lowest BCUT2D eigenvalue weighted by Crippen LogP contribution is -2.31. The van der Waals surface area contributed by atoms with Gasteiger partial charge in [0, 0.05) is 6.04 Å². The third-order valence-corrected chi connectivity index (χ3v) is 5.90. The van der Waals surface area contributed by atoms with Gasteiger partial charge in [-0.25, -0.2) is 8.42 Å². The second-order valence-corrected chi connectivity index (χ2v) is 7.37. The van der Waals surface area contributed by atoms with Crippen LogP contribution in [0, 0.1) is 0 Å². The maximum atomic E-state index is 12.0. The fraction of sp³-hybridized carbons (Fsp3) is 0.231. The van der Waals surface area contributed by atoms with Crippen molar-refractivity contribution >= 4 is 21.2 Å². The molecule has 2 aromatic rings. The van der Waals surface area contributed by atoms with Crippen LogP contribution in [0.4, 0.5) is 0 Å². The summed E-state index contributed by atoms with van der Waals surface area (Å²) in [5.41, 5.74) is 6.98. The van der Waals surface area contributed by atoms with E-state index in [1.807, 2.05) is 30.3 Å². The standard InChI is InChI=1S/C13H15NO2S2/c14-12(9-11-5-2-1-3-6-11)10-18(15,16)13-7-4-8-17-13/h1-8,12H,9-10,14H2. The molecule has 0 fully saturated rings. The molecule has 96 valence electrons. The van der Waals surface area contributed by atoms with Crippen molar-refractivity contribution in [2.45, 2.75) is 16.7 Å². The summed E-state index contributed by atoms with van der Waals surface area (Å²) in [5, 5.41) is 1.76. The van der Waals surface area contributed by atoms with Crippen molar-refractivity contribution in [3.05, 3.63) is 53.4 Å². The number of rotatable bonds is 5. The highest BCUT2D eigenvalue weighted by atomic mass is 32.2. The van der Waals surface area contributed by atoms with E-state index in [9.17, 15) is 8.42 Å². The van der Waals surface area contributed by atoms with Crippen LogP contribution in [0.2, 0.25) is 0 Å². The molecule has 0 spiro atoms. The van der Waals surface area contributed by atoms with Gasteiger partial charge in [-0.05, 0) is 23.4 Å². The Morgan fingerprint density at radius 2 is 1.83 bits per heavy atom. The summed E-state index contributed by atoms with van der Waals surface area (Å²) in [6.07, 6.45) is 0.575. The first-order valence-electron chi connectivity index (χ1n) is 5.64. The predicted molar refractivity (Wildman–Crippen MR) is 74.5 cm³/mol. The van der Waals surface area contributed by atoms with Crippen LogP contribution in [0.15, 0.2) is 52.1 Å². The van der Waals surface area contributed by atoms with Crippen molar-refractivity contribution < 1.29 is 8.42 Å². The van der Waals surface area contributed by atoms with Crippen LogP contribution >= 0.6 is 11.3 Å². The van der Waals surface area contributed by atoms with Crippen molar-refractivity contribution in [3.63, 3.8) is 0 Å². The normalized spacial score (nSPS) is 13.4. The molecule has 0 radical (unpaired) electrons. The molecule has 0 aliphatic heterocycles. The molecule has 3 nitrogen and oxygen atoms in total. The average molecular weight is 281 g/mol. The molecule has 0 bridgehead atoms. The number of hydrogen-bond donors (Lipinski definition) is 1. The van der Waals surface area contributed by atoms with Crippen molar-refractivity contribution in [1.29, 1.82) is 0 Å². The molecule has 1 heterocycles. The van der Waals surface area contributed by atoms with Crippen LogP contribution in [-0.2, 0) is 16.3 Å². The van der Waals surface area contributed by atoms with Crippen molar-refractivity contribution in [2.24, 2.45) is 5.73 Å². The Kier molecular flexibility index (Phi) is 4.16. The van der Waals surface area contributed by atoms with Crippen LogP contribution in [0.5, 0.6) is 0 Å². The maximum Gasteiger partial charge on any atom is 0.189 e. The molecule has 1 atom stereocenters. The van der Waals surface area contributed by atoms with E-state index in [4.69, 9.17) is 5.73 Å². The molecule has 5 heteroatoms. The lowest BCUT2D eigenvalue weighted by molar-refractivity contribution is 0.587. The highest BCUT2D eigenvalue weighted by Gasteiger charge is 2.19. The van der Waals surface area contributed by atoms with E-state index in [2.05, 4.69) is 0 Å². The Labute approximate surface area is 111 Å². The van der Waals surface area contributed by atoms with Gasteiger partial charge in [0.25, 0.3) is 0 Å². The number of nitrogens with two attached hydrogens (primary N) is 1. The Hall–Kier alpha value is -1.17. The Morgan fingerprint density at radius 3 is 2.44 bits per heavy atom. The Balaban J connectivity index is 2.02. The van der Waals surface area contributed by atoms with Crippen LogP contribution in [0.3, 0.4) is 0 Å². The molecule has 2 rings (SSSR count). The first-order valence-corrected chi connectivity index (χ1v) is 8.17. The molecule has 0 saturated carbocycles. The van der Waals surface area contributed by atoms with Crippen LogP contribution in [0.25, 0.3) is 0 Å². The maximum absolute atomic E-state index is 12.0. The Bertz CT molecular complexity index is 577. The van der Waals surface area contributed by atoms with Crippen LogP contribution in [-0.4, -0.2) is 20.2 Å². The molecule has 0 aliphatic carbocycles. The van der Waals surface area contributed by atoms with Crippen molar-refractivity contribution in [2.75, 3.05) is 5.75 Å². The minimum atomic E-state index is -3.24. The summed E-state index contributed by atoms with van der Waals surface area (Å²) in [5.74, 6) is -0.0115. The average Bonchev–Trinajstić information content (AvgIpc) is 2.83. The number of sulfone groups is 1. The smallest absolute Gasteiger partial charge is 0.189 e. The fourth-order valence-corrected chi connectivity index (χ4v) is 4.32. The van der Waals surface area contributed by atoms with Gasteiger partial charge in [-0.2, -0.15) is 0 Å². The topological polar surface area (TPSA) is 60.2 Å². The lowest BCUT2D eigenvalue weighted by atomic mass is 10.1. The largest absolute Gasteiger partial charge is 0.326 e. The lowest BCUT2D eigenvalue weighted by Gasteiger charge is -2.11. The SMILES string of the molecule is NC(Cc1ccccc1)CS(=O)(=O)c1cccs1. The predicted octanol–water partition coefficient (Wildman–Crippen LogP) is 2.09. The molecule has 2 N–H and O–H groups in total. The fourth-order valence-electron chi connectivity index (χ4n) is 1.78. The van der Waals surface area contributed by atoms with Gasteiger partial charge in [-0.15, -0.1) is 11.3 Å². The first kappa shape index (κ1) is 13.3. The first-order chi connectivity index (χ1) is 8.58. The van der Waals surface area contributed by atoms with Gasteiger partial charge in [-0.1, -0.05) is 36.4 Å². The molecular weight excluding hydrogens is 266 g/mol. The highest BCUT2D eigenvalue weighted by molar-refractivity contribution is 7.93. The quantitative estimate of drug-likeness (QED) is 0.913. The molecule has 1 aromatic carbocycles. The van der Waals surface area contributed by atoms with Crippen LogP contribution in [0.1, 0.15) is 5.56 Å². The number of hydrogen-bond acceptors (Lipinski definition) is 4. The van der Waals surface area contributed by atoms with E-state index in [1.165, 1.54) is 11.3 Å². The third-order valence-electron chi connectivity index (χ3n) is 2.58. The van der Waals surface area contributed by atoms with Gasteiger partial charge in [0.15, 0.2) is 9.84 Å². The zero-order valence-electron chi connectivity index (χ0n) is 9.82. The zero-order chi connectivity index (χ0) is 13.0. The highest BCUT2D eigenvalue weighted by Crippen LogP contribution is 2.18. The second kappa shape index (κ2) is 5.65. The van der Waals surface area contributed by atoms with E-state index in [0.29, 0.717) is 10.6 Å². The number of benzene rings is 1. The molecule has 0 saturated heterocycles. The van der Waals surface area contributed by atoms with Gasteiger partial charge in [0.1, 0.15) is 4.21 Å². The molecule has 1 aromatic heterocycles. The van der Waals surface area contributed by atoms with E-state index < -0.39 is 9.84 Å². The van der Waals surface area contributed by atoms with Gasteiger partial charge < -0.3 is 5.73 Å². The molecule has 0 aliphatic rings. The van der Waals surface area contributed by atoms with Gasteiger partial charge >= 0.3 is 0 Å².